The van der Waals surface area contributed by atoms with Crippen molar-refractivity contribution in [2.75, 3.05) is 27.4 Å². The predicted octanol–water partition coefficient (Wildman–Crippen LogP) is 2.87. The van der Waals surface area contributed by atoms with Crippen molar-refractivity contribution >= 4 is 27.5 Å². The number of benzene rings is 1. The molecule has 0 unspecified atom stereocenters. The zero-order valence-electron chi connectivity index (χ0n) is 16.5. The van der Waals surface area contributed by atoms with Crippen molar-refractivity contribution in [3.8, 4) is 0 Å². The third-order valence-corrected chi connectivity index (χ3v) is 5.48. The van der Waals surface area contributed by atoms with Gasteiger partial charge in [0.25, 0.3) is 5.56 Å². The second-order valence-electron chi connectivity index (χ2n) is 6.68. The van der Waals surface area contributed by atoms with Crippen LogP contribution in [0.3, 0.4) is 0 Å². The number of hydrogen-bond acceptors (Lipinski definition) is 7. The van der Waals surface area contributed by atoms with Crippen molar-refractivity contribution in [2.24, 2.45) is 0 Å². The van der Waals surface area contributed by atoms with Crippen molar-refractivity contribution in [3.63, 3.8) is 0 Å². The van der Waals surface area contributed by atoms with Crippen molar-refractivity contribution < 1.29 is 18.7 Å². The minimum atomic E-state index is -0.494. The molecule has 0 radical (unpaired) electrons. The number of aromatic nitrogens is 2. The van der Waals surface area contributed by atoms with E-state index in [0.717, 1.165) is 16.9 Å². The van der Waals surface area contributed by atoms with Crippen molar-refractivity contribution in [2.45, 2.75) is 20.0 Å². The number of aromatic amines is 1. The summed E-state index contributed by atoms with van der Waals surface area (Å²) in [5.74, 6) is -0.309. The van der Waals surface area contributed by atoms with E-state index in [1.165, 1.54) is 19.2 Å². The van der Waals surface area contributed by atoms with Crippen LogP contribution in [0.2, 0.25) is 0 Å². The number of carbonyl (C=O) groups is 1. The molecule has 0 aliphatic heterocycles. The third-order valence-electron chi connectivity index (χ3n) is 4.32. The van der Waals surface area contributed by atoms with Gasteiger partial charge >= 0.3 is 5.97 Å². The van der Waals surface area contributed by atoms with Crippen LogP contribution >= 0.6 is 11.3 Å². The van der Waals surface area contributed by atoms with Crippen LogP contribution in [0, 0.1) is 12.7 Å². The van der Waals surface area contributed by atoms with Gasteiger partial charge in [-0.3, -0.25) is 9.69 Å². The Morgan fingerprint density at radius 3 is 2.83 bits per heavy atom. The minimum absolute atomic E-state index is 0.142. The monoisotopic (exact) mass is 419 g/mol. The van der Waals surface area contributed by atoms with Crippen LogP contribution in [0.5, 0.6) is 0 Å². The number of thiophene rings is 1. The van der Waals surface area contributed by atoms with E-state index in [-0.39, 0.29) is 18.0 Å². The van der Waals surface area contributed by atoms with Crippen LogP contribution in [-0.2, 0) is 22.6 Å². The van der Waals surface area contributed by atoms with Gasteiger partial charge in [-0.2, -0.15) is 0 Å². The minimum Gasteiger partial charge on any atom is -0.459 e. The lowest BCUT2D eigenvalue weighted by Gasteiger charge is -2.16. The van der Waals surface area contributed by atoms with Gasteiger partial charge in [-0.25, -0.2) is 14.2 Å². The number of carbonyl (C=O) groups excluding carboxylic acids is 1. The topological polar surface area (TPSA) is 84.5 Å². The summed E-state index contributed by atoms with van der Waals surface area (Å²) in [5.41, 5.74) is 1.08. The van der Waals surface area contributed by atoms with Crippen LogP contribution in [0.4, 0.5) is 4.39 Å². The molecule has 0 aliphatic carbocycles. The summed E-state index contributed by atoms with van der Waals surface area (Å²) >= 11 is 1.14. The van der Waals surface area contributed by atoms with E-state index < -0.39 is 5.97 Å². The number of aryl methyl sites for hydroxylation is 1. The third kappa shape index (κ3) is 5.06. The van der Waals surface area contributed by atoms with Gasteiger partial charge in [0.2, 0.25) is 0 Å². The molecule has 0 aliphatic rings. The molecular formula is C20H22FN3O4S. The molecule has 1 N–H and O–H groups in total. The molecule has 0 spiro atoms. The molecular weight excluding hydrogens is 397 g/mol. The lowest BCUT2D eigenvalue weighted by molar-refractivity contribution is 0.0393. The second kappa shape index (κ2) is 9.25. The maximum atomic E-state index is 13.4. The summed E-state index contributed by atoms with van der Waals surface area (Å²) in [6, 6.07) is 6.36. The van der Waals surface area contributed by atoms with Crippen LogP contribution in [0.15, 0.2) is 29.1 Å². The molecule has 1 aromatic carbocycles. The van der Waals surface area contributed by atoms with E-state index in [2.05, 4.69) is 9.97 Å². The van der Waals surface area contributed by atoms with Gasteiger partial charge in [0.05, 0.1) is 18.5 Å². The molecule has 29 heavy (non-hydrogen) atoms. The van der Waals surface area contributed by atoms with Crippen LogP contribution < -0.4 is 5.56 Å². The van der Waals surface area contributed by atoms with Gasteiger partial charge in [0, 0.05) is 13.7 Å². The molecule has 0 saturated heterocycles. The van der Waals surface area contributed by atoms with E-state index >= 15 is 0 Å². The SMILES string of the molecule is COCCOC(=O)c1sc2nc(CN(C)Cc3cccc(F)c3)[nH]c(=O)c2c1C. The molecule has 0 fully saturated rings. The van der Waals surface area contributed by atoms with Gasteiger partial charge in [-0.05, 0) is 37.2 Å². The number of hydrogen-bond donors (Lipinski definition) is 1. The smallest absolute Gasteiger partial charge is 0.348 e. The Morgan fingerprint density at radius 2 is 2.10 bits per heavy atom. The molecule has 2 aromatic heterocycles. The van der Waals surface area contributed by atoms with E-state index in [9.17, 15) is 14.0 Å². The Kier molecular flexibility index (Phi) is 6.73. The molecule has 9 heteroatoms. The Hall–Kier alpha value is -2.62. The first kappa shape index (κ1) is 21.1. The van der Waals surface area contributed by atoms with Crippen LogP contribution in [0.1, 0.15) is 26.6 Å². The van der Waals surface area contributed by atoms with Crippen LogP contribution in [-0.4, -0.2) is 48.2 Å². The highest BCUT2D eigenvalue weighted by Crippen LogP contribution is 2.27. The molecule has 0 bridgehead atoms. The maximum absolute atomic E-state index is 13.4. The molecule has 3 rings (SSSR count). The molecule has 0 atom stereocenters. The largest absolute Gasteiger partial charge is 0.459 e. The number of H-pyrrole nitrogens is 1. The fourth-order valence-electron chi connectivity index (χ4n) is 3.00. The first-order chi connectivity index (χ1) is 13.9. The number of ether oxygens (including phenoxy) is 2. The standard InChI is InChI=1S/C20H22FN3O4S/c1-12-16-18(25)22-15(11-24(2)10-13-5-4-6-14(21)9-13)23-19(16)29-17(12)20(26)28-8-7-27-3/h4-6,9H,7-8,10-11H2,1-3H3,(H,22,23,25). The molecule has 3 aromatic rings. The summed E-state index contributed by atoms with van der Waals surface area (Å²) in [6.07, 6.45) is 0. The van der Waals surface area contributed by atoms with Crippen molar-refractivity contribution in [1.82, 2.24) is 14.9 Å². The highest BCUT2D eigenvalue weighted by molar-refractivity contribution is 7.20. The zero-order chi connectivity index (χ0) is 21.0. The summed E-state index contributed by atoms with van der Waals surface area (Å²) in [7, 11) is 3.38. The maximum Gasteiger partial charge on any atom is 0.348 e. The highest BCUT2D eigenvalue weighted by atomic mass is 32.1. The molecule has 154 valence electrons. The average Bonchev–Trinajstić information content (AvgIpc) is 2.98. The van der Waals surface area contributed by atoms with Crippen molar-refractivity contribution in [1.29, 1.82) is 0 Å². The van der Waals surface area contributed by atoms with Gasteiger partial charge in [0.1, 0.15) is 28.0 Å². The summed E-state index contributed by atoms with van der Waals surface area (Å²) in [5, 5.41) is 0.394. The number of fused-ring (bicyclic) bond motifs is 1. The number of nitrogens with one attached hydrogen (secondary N) is 1. The van der Waals surface area contributed by atoms with E-state index in [0.29, 0.717) is 46.2 Å². The van der Waals surface area contributed by atoms with E-state index in [4.69, 9.17) is 9.47 Å². The van der Waals surface area contributed by atoms with Crippen LogP contribution in [0.25, 0.3) is 10.2 Å². The molecule has 0 amide bonds. The quantitative estimate of drug-likeness (QED) is 0.446. The van der Waals surface area contributed by atoms with Crippen molar-refractivity contribution in [3.05, 3.63) is 62.3 Å². The Bertz CT molecular complexity index is 1080. The van der Waals surface area contributed by atoms with Gasteiger partial charge in [0.15, 0.2) is 0 Å². The summed E-state index contributed by atoms with van der Waals surface area (Å²) < 4.78 is 23.4. The fourth-order valence-corrected chi connectivity index (χ4v) is 4.09. The average molecular weight is 419 g/mol. The summed E-state index contributed by atoms with van der Waals surface area (Å²) in [4.78, 5) is 34.9. The van der Waals surface area contributed by atoms with E-state index in [1.807, 2.05) is 18.0 Å². The Balaban J connectivity index is 1.79. The summed E-state index contributed by atoms with van der Waals surface area (Å²) in [6.45, 7) is 3.02. The Labute approximate surface area is 171 Å². The fraction of sp³-hybridized carbons (Fsp3) is 0.350. The predicted molar refractivity (Wildman–Crippen MR) is 109 cm³/mol. The first-order valence-corrected chi connectivity index (χ1v) is 9.82. The number of esters is 1. The first-order valence-electron chi connectivity index (χ1n) is 9.00. The van der Waals surface area contributed by atoms with Gasteiger partial charge in [-0.1, -0.05) is 12.1 Å². The molecule has 7 nitrogen and oxygen atoms in total. The van der Waals surface area contributed by atoms with E-state index in [1.54, 1.807) is 13.0 Å². The second-order valence-corrected chi connectivity index (χ2v) is 7.68. The highest BCUT2D eigenvalue weighted by Gasteiger charge is 2.20. The van der Waals surface area contributed by atoms with Gasteiger partial charge in [-0.15, -0.1) is 11.3 Å². The van der Waals surface area contributed by atoms with Gasteiger partial charge < -0.3 is 14.5 Å². The molecule has 2 heterocycles. The number of nitrogens with zero attached hydrogens (tertiary/aromatic N) is 2. The lowest BCUT2D eigenvalue weighted by atomic mass is 10.2. The zero-order valence-corrected chi connectivity index (χ0v) is 17.3. The number of halogens is 1. The Morgan fingerprint density at radius 1 is 1.31 bits per heavy atom. The lowest BCUT2D eigenvalue weighted by Crippen LogP contribution is -2.21. The number of rotatable bonds is 8. The normalized spacial score (nSPS) is 11.3. The molecule has 0 saturated carbocycles. The number of methoxy groups -OCH3 is 1.